The Morgan fingerprint density at radius 3 is 2.67 bits per heavy atom. The maximum absolute atomic E-state index is 12.6. The van der Waals surface area contributed by atoms with Crippen molar-refractivity contribution in [2.45, 2.75) is 19.8 Å². The van der Waals surface area contributed by atoms with Crippen LogP contribution >= 0.6 is 11.3 Å². The van der Waals surface area contributed by atoms with Crippen LogP contribution < -0.4 is 15.0 Å². The van der Waals surface area contributed by atoms with Gasteiger partial charge in [-0.1, -0.05) is 30.4 Å². The fourth-order valence-electron chi connectivity index (χ4n) is 3.26. The number of piperidine rings is 1. The standard InChI is InChI=1S/C23H21N5O4S/c1-15-8-10-28(11-9-15)23-27-26-22(33-23)25-20(29)17(14-24)13-16-4-6-18(7-5-16)32-21(30)19-3-2-12-31-19/h2-7,12-13,15H,8-11H2,1H3,(H,25,26,29)/b17-13-. The molecule has 33 heavy (non-hydrogen) atoms. The number of anilines is 2. The van der Waals surface area contributed by atoms with Crippen LogP contribution in [0.25, 0.3) is 6.08 Å². The minimum atomic E-state index is -0.615. The lowest BCUT2D eigenvalue weighted by atomic mass is 10.00. The fourth-order valence-corrected chi connectivity index (χ4v) is 4.05. The second-order valence-corrected chi connectivity index (χ2v) is 8.58. The molecule has 1 aromatic carbocycles. The van der Waals surface area contributed by atoms with Crippen LogP contribution in [0.1, 0.15) is 35.9 Å². The summed E-state index contributed by atoms with van der Waals surface area (Å²) in [6, 6.07) is 11.4. The van der Waals surface area contributed by atoms with Crippen molar-refractivity contribution in [2.75, 3.05) is 23.3 Å². The van der Waals surface area contributed by atoms with Crippen molar-refractivity contribution < 1.29 is 18.7 Å². The molecule has 10 heteroatoms. The van der Waals surface area contributed by atoms with Gasteiger partial charge in [-0.2, -0.15) is 5.26 Å². The van der Waals surface area contributed by atoms with Gasteiger partial charge in [0.15, 0.2) is 0 Å². The summed E-state index contributed by atoms with van der Waals surface area (Å²) in [5.74, 6) is -0.0763. The van der Waals surface area contributed by atoms with Gasteiger partial charge in [0.05, 0.1) is 6.26 Å². The van der Waals surface area contributed by atoms with E-state index in [0.717, 1.165) is 31.1 Å². The van der Waals surface area contributed by atoms with Crippen LogP contribution in [0.15, 0.2) is 52.7 Å². The number of aromatic nitrogens is 2. The number of hydrogen-bond donors (Lipinski definition) is 1. The summed E-state index contributed by atoms with van der Waals surface area (Å²) in [4.78, 5) is 26.7. The number of benzene rings is 1. The van der Waals surface area contributed by atoms with E-state index in [2.05, 4.69) is 27.3 Å². The summed E-state index contributed by atoms with van der Waals surface area (Å²) < 4.78 is 10.2. The highest BCUT2D eigenvalue weighted by Gasteiger charge is 2.20. The molecule has 0 aliphatic carbocycles. The minimum absolute atomic E-state index is 0.0844. The van der Waals surface area contributed by atoms with E-state index < -0.39 is 11.9 Å². The molecule has 3 aromatic rings. The van der Waals surface area contributed by atoms with E-state index >= 15 is 0 Å². The molecule has 0 saturated carbocycles. The first kappa shape index (κ1) is 22.2. The molecule has 1 amide bonds. The van der Waals surface area contributed by atoms with Gasteiger partial charge in [0.25, 0.3) is 5.91 Å². The highest BCUT2D eigenvalue weighted by atomic mass is 32.1. The first-order chi connectivity index (χ1) is 16.0. The molecule has 0 radical (unpaired) electrons. The quantitative estimate of drug-likeness (QED) is 0.251. The van der Waals surface area contributed by atoms with Gasteiger partial charge < -0.3 is 14.1 Å². The van der Waals surface area contributed by atoms with Gasteiger partial charge in [-0.3, -0.25) is 10.1 Å². The Kier molecular flexibility index (Phi) is 6.80. The summed E-state index contributed by atoms with van der Waals surface area (Å²) in [6.45, 7) is 4.07. The van der Waals surface area contributed by atoms with Crippen molar-refractivity contribution in [2.24, 2.45) is 5.92 Å². The van der Waals surface area contributed by atoms with Crippen molar-refractivity contribution in [1.29, 1.82) is 5.26 Å². The maximum Gasteiger partial charge on any atom is 0.379 e. The lowest BCUT2D eigenvalue weighted by molar-refractivity contribution is -0.112. The van der Waals surface area contributed by atoms with Gasteiger partial charge in [0, 0.05) is 13.1 Å². The molecule has 0 atom stereocenters. The number of ether oxygens (including phenoxy) is 1. The van der Waals surface area contributed by atoms with Gasteiger partial charge in [-0.25, -0.2) is 4.79 Å². The summed E-state index contributed by atoms with van der Waals surface area (Å²) in [5.41, 5.74) is 0.513. The van der Waals surface area contributed by atoms with Crippen LogP contribution in [0.4, 0.5) is 10.3 Å². The predicted octanol–water partition coefficient (Wildman–Crippen LogP) is 4.13. The highest BCUT2D eigenvalue weighted by molar-refractivity contribution is 7.19. The van der Waals surface area contributed by atoms with E-state index in [0.29, 0.717) is 22.4 Å². The number of rotatable bonds is 6. The van der Waals surface area contributed by atoms with Crippen LogP contribution in [0.2, 0.25) is 0 Å². The normalized spacial score (nSPS) is 14.5. The summed E-state index contributed by atoms with van der Waals surface area (Å²) in [6.07, 6.45) is 5.03. The third-order valence-electron chi connectivity index (χ3n) is 5.18. The fraction of sp³-hybridized carbons (Fsp3) is 0.261. The average molecular weight is 464 g/mol. The van der Waals surface area contributed by atoms with Crippen LogP contribution in [-0.2, 0) is 4.79 Å². The number of furan rings is 1. The Bertz CT molecular complexity index is 1190. The zero-order valence-corrected chi connectivity index (χ0v) is 18.7. The van der Waals surface area contributed by atoms with Crippen molar-refractivity contribution in [3.8, 4) is 11.8 Å². The van der Waals surface area contributed by atoms with Gasteiger partial charge in [-0.05, 0) is 54.7 Å². The zero-order valence-electron chi connectivity index (χ0n) is 17.9. The molecule has 0 bridgehead atoms. The average Bonchev–Trinajstić information content (AvgIpc) is 3.52. The molecular formula is C23H21N5O4S. The number of nitrogens with one attached hydrogen (secondary N) is 1. The molecule has 9 nitrogen and oxygen atoms in total. The lowest BCUT2D eigenvalue weighted by Gasteiger charge is -2.29. The molecule has 1 aliphatic rings. The van der Waals surface area contributed by atoms with Gasteiger partial charge >= 0.3 is 5.97 Å². The number of nitriles is 1. The number of hydrogen-bond acceptors (Lipinski definition) is 9. The molecule has 4 rings (SSSR count). The first-order valence-electron chi connectivity index (χ1n) is 10.4. The van der Waals surface area contributed by atoms with Crippen LogP contribution in [0.5, 0.6) is 5.75 Å². The minimum Gasteiger partial charge on any atom is -0.457 e. The van der Waals surface area contributed by atoms with Crippen LogP contribution in [0.3, 0.4) is 0 Å². The van der Waals surface area contributed by atoms with Crippen molar-refractivity contribution >= 4 is 39.6 Å². The van der Waals surface area contributed by atoms with E-state index in [1.807, 2.05) is 6.07 Å². The predicted molar refractivity (Wildman–Crippen MR) is 123 cm³/mol. The Balaban J connectivity index is 1.38. The maximum atomic E-state index is 12.6. The molecule has 1 saturated heterocycles. The van der Waals surface area contributed by atoms with Crippen molar-refractivity contribution in [1.82, 2.24) is 10.2 Å². The lowest BCUT2D eigenvalue weighted by Crippen LogP contribution is -2.32. The molecule has 1 aliphatic heterocycles. The number of amides is 1. The zero-order chi connectivity index (χ0) is 23.2. The van der Waals surface area contributed by atoms with Gasteiger partial charge in [0.2, 0.25) is 16.0 Å². The first-order valence-corrected chi connectivity index (χ1v) is 11.2. The van der Waals surface area contributed by atoms with Crippen LogP contribution in [0, 0.1) is 17.2 Å². The Morgan fingerprint density at radius 2 is 2.00 bits per heavy atom. The van der Waals surface area contributed by atoms with E-state index in [9.17, 15) is 14.9 Å². The molecule has 1 fully saturated rings. The smallest absolute Gasteiger partial charge is 0.379 e. The molecule has 168 valence electrons. The Hall–Kier alpha value is -3.97. The molecule has 2 aromatic heterocycles. The summed E-state index contributed by atoms with van der Waals surface area (Å²) >= 11 is 1.29. The van der Waals surface area contributed by atoms with Crippen molar-refractivity contribution in [3.05, 3.63) is 59.6 Å². The van der Waals surface area contributed by atoms with Crippen molar-refractivity contribution in [3.63, 3.8) is 0 Å². The SMILES string of the molecule is CC1CCN(c2nnc(NC(=O)/C(C#N)=C\c3ccc(OC(=O)c4ccco4)cc3)s2)CC1. The number of esters is 1. The third kappa shape index (κ3) is 5.64. The Labute approximate surface area is 194 Å². The molecule has 0 spiro atoms. The topological polar surface area (TPSA) is 121 Å². The summed E-state index contributed by atoms with van der Waals surface area (Å²) in [7, 11) is 0. The molecular weight excluding hydrogens is 442 g/mol. The highest BCUT2D eigenvalue weighted by Crippen LogP contribution is 2.28. The van der Waals surface area contributed by atoms with E-state index in [1.54, 1.807) is 30.3 Å². The second-order valence-electron chi connectivity index (χ2n) is 7.62. The van der Waals surface area contributed by atoms with Crippen LogP contribution in [-0.4, -0.2) is 35.2 Å². The molecule has 0 unspecified atom stereocenters. The molecule has 1 N–H and O–H groups in total. The largest absolute Gasteiger partial charge is 0.457 e. The second kappa shape index (κ2) is 10.1. The van der Waals surface area contributed by atoms with E-state index in [-0.39, 0.29) is 11.3 Å². The van der Waals surface area contributed by atoms with E-state index in [4.69, 9.17) is 9.15 Å². The van der Waals surface area contributed by atoms with Gasteiger partial charge in [-0.15, -0.1) is 10.2 Å². The number of carbonyl (C=O) groups excluding carboxylic acids is 2. The number of carbonyl (C=O) groups is 2. The van der Waals surface area contributed by atoms with E-state index in [1.165, 1.54) is 29.7 Å². The third-order valence-corrected chi connectivity index (χ3v) is 6.08. The molecule has 3 heterocycles. The van der Waals surface area contributed by atoms with Gasteiger partial charge in [0.1, 0.15) is 17.4 Å². The number of nitrogens with zero attached hydrogens (tertiary/aromatic N) is 4. The Morgan fingerprint density at radius 1 is 1.24 bits per heavy atom. The summed E-state index contributed by atoms with van der Waals surface area (Å²) in [5, 5.41) is 21.4. The monoisotopic (exact) mass is 463 g/mol.